The second kappa shape index (κ2) is 4.70. The first-order valence-electron chi connectivity index (χ1n) is 5.55. The maximum Gasteiger partial charge on any atom is 0.341 e. The summed E-state index contributed by atoms with van der Waals surface area (Å²) in [5, 5.41) is 8.43. The normalized spacial score (nSPS) is 10.6. The molecule has 0 atom stereocenters. The summed E-state index contributed by atoms with van der Waals surface area (Å²) in [7, 11) is 0. The lowest BCUT2D eigenvalue weighted by molar-refractivity contribution is 0.439. The fourth-order valence-electron chi connectivity index (χ4n) is 1.60. The highest BCUT2D eigenvalue weighted by Crippen LogP contribution is 2.28. The predicted molar refractivity (Wildman–Crippen MR) is 73.3 cm³/mol. The predicted octanol–water partition coefficient (Wildman–Crippen LogP) is 3.05. The van der Waals surface area contributed by atoms with Crippen molar-refractivity contribution in [2.24, 2.45) is 0 Å². The lowest BCUT2D eigenvalue weighted by Crippen LogP contribution is -1.97. The number of ether oxygens (including phenoxy) is 1. The molecule has 1 heterocycles. The van der Waals surface area contributed by atoms with Gasteiger partial charge in [-0.25, -0.2) is 0 Å². The number of benzene rings is 2. The number of para-hydroxylation sites is 1. The van der Waals surface area contributed by atoms with Gasteiger partial charge in [-0.05, 0) is 24.3 Å². The van der Waals surface area contributed by atoms with Crippen LogP contribution in [0, 0.1) is 0 Å². The zero-order valence-electron chi connectivity index (χ0n) is 9.75. The fraction of sp³-hybridized carbons (Fsp3) is 0. The van der Waals surface area contributed by atoms with Crippen LogP contribution >= 0.6 is 11.6 Å². The van der Waals surface area contributed by atoms with Crippen LogP contribution in [0.1, 0.15) is 0 Å². The van der Waals surface area contributed by atoms with Crippen molar-refractivity contribution < 1.29 is 4.74 Å². The molecule has 0 saturated carbocycles. The largest absolute Gasteiger partial charge is 0.421 e. The van der Waals surface area contributed by atoms with Gasteiger partial charge >= 0.3 is 6.01 Å². The molecule has 6 heteroatoms. The van der Waals surface area contributed by atoms with Gasteiger partial charge in [0.15, 0.2) is 5.75 Å². The van der Waals surface area contributed by atoms with Crippen molar-refractivity contribution >= 4 is 28.3 Å². The van der Waals surface area contributed by atoms with Crippen molar-refractivity contribution in [3.8, 4) is 11.8 Å². The Hall–Kier alpha value is -2.40. The molecule has 94 valence electrons. The highest BCUT2D eigenvalue weighted by atomic mass is 35.5. The summed E-state index contributed by atoms with van der Waals surface area (Å²) in [6, 6.07) is 12.5. The molecule has 1 aromatic heterocycles. The third-order valence-electron chi connectivity index (χ3n) is 2.52. The van der Waals surface area contributed by atoms with Gasteiger partial charge in [0.2, 0.25) is 0 Å². The second-order valence-electron chi connectivity index (χ2n) is 3.87. The van der Waals surface area contributed by atoms with E-state index in [-0.39, 0.29) is 6.01 Å². The summed E-state index contributed by atoms with van der Waals surface area (Å²) in [6.45, 7) is 0. The van der Waals surface area contributed by atoms with Gasteiger partial charge < -0.3 is 10.5 Å². The van der Waals surface area contributed by atoms with Crippen LogP contribution in [-0.2, 0) is 0 Å². The van der Waals surface area contributed by atoms with Gasteiger partial charge in [0.25, 0.3) is 0 Å². The molecule has 0 fully saturated rings. The molecular formula is C13H9ClN4O. The Morgan fingerprint density at radius 2 is 1.79 bits per heavy atom. The van der Waals surface area contributed by atoms with E-state index in [2.05, 4.69) is 15.2 Å². The minimum atomic E-state index is 0.132. The first-order valence-corrected chi connectivity index (χ1v) is 5.92. The number of aromatic nitrogens is 3. The molecule has 0 aliphatic rings. The maximum absolute atomic E-state index is 5.89. The van der Waals surface area contributed by atoms with E-state index in [1.165, 1.54) is 0 Å². The zero-order chi connectivity index (χ0) is 13.2. The molecule has 0 aliphatic heterocycles. The number of hydrogen-bond acceptors (Lipinski definition) is 5. The van der Waals surface area contributed by atoms with Gasteiger partial charge in [-0.2, -0.15) is 4.98 Å². The molecule has 3 aromatic rings. The van der Waals surface area contributed by atoms with Gasteiger partial charge in [0.05, 0.1) is 11.2 Å². The highest BCUT2D eigenvalue weighted by Gasteiger charge is 2.07. The minimum Gasteiger partial charge on any atom is -0.421 e. The van der Waals surface area contributed by atoms with Crippen molar-refractivity contribution in [2.75, 3.05) is 5.73 Å². The lowest BCUT2D eigenvalue weighted by Gasteiger charge is -2.06. The molecule has 0 radical (unpaired) electrons. The third kappa shape index (κ3) is 2.41. The Morgan fingerprint density at radius 3 is 2.63 bits per heavy atom. The smallest absolute Gasteiger partial charge is 0.341 e. The molecule has 19 heavy (non-hydrogen) atoms. The summed E-state index contributed by atoms with van der Waals surface area (Å²) in [5.41, 5.74) is 7.65. The van der Waals surface area contributed by atoms with E-state index in [9.17, 15) is 0 Å². The number of fused-ring (bicyclic) bond motifs is 1. The third-order valence-corrected chi connectivity index (χ3v) is 2.75. The Kier molecular flexibility index (Phi) is 2.89. The summed E-state index contributed by atoms with van der Waals surface area (Å²) < 4.78 is 5.50. The van der Waals surface area contributed by atoms with Crippen molar-refractivity contribution in [1.82, 2.24) is 15.2 Å². The van der Waals surface area contributed by atoms with Crippen LogP contribution in [0.2, 0.25) is 5.02 Å². The number of rotatable bonds is 2. The standard InChI is InChI=1S/C13H9ClN4O/c14-8-5-6-9(15)12(7-8)19-13-16-10-3-1-2-4-11(10)17-18-13/h1-7H,15H2. The van der Waals surface area contributed by atoms with Gasteiger partial charge in [0.1, 0.15) is 5.52 Å². The molecule has 2 N–H and O–H groups in total. The van der Waals surface area contributed by atoms with Crippen LogP contribution in [0.4, 0.5) is 5.69 Å². The number of nitrogen functional groups attached to an aromatic ring is 1. The van der Waals surface area contributed by atoms with Crippen LogP contribution in [0.15, 0.2) is 42.5 Å². The highest BCUT2D eigenvalue weighted by molar-refractivity contribution is 6.30. The molecule has 0 bridgehead atoms. The van der Waals surface area contributed by atoms with E-state index in [1.54, 1.807) is 18.2 Å². The van der Waals surface area contributed by atoms with Gasteiger partial charge in [0, 0.05) is 11.1 Å². The minimum absolute atomic E-state index is 0.132. The quantitative estimate of drug-likeness (QED) is 0.726. The van der Waals surface area contributed by atoms with E-state index in [0.29, 0.717) is 27.5 Å². The summed E-state index contributed by atoms with van der Waals surface area (Å²) in [4.78, 5) is 4.25. The van der Waals surface area contributed by atoms with Crippen LogP contribution in [0.5, 0.6) is 11.8 Å². The topological polar surface area (TPSA) is 73.9 Å². The molecule has 2 aromatic carbocycles. The van der Waals surface area contributed by atoms with Crippen molar-refractivity contribution in [3.05, 3.63) is 47.5 Å². The number of halogens is 1. The first kappa shape index (κ1) is 11.7. The van der Waals surface area contributed by atoms with Crippen molar-refractivity contribution in [2.45, 2.75) is 0 Å². The fourth-order valence-corrected chi connectivity index (χ4v) is 1.77. The van der Waals surface area contributed by atoms with Crippen LogP contribution < -0.4 is 10.5 Å². The number of hydrogen-bond donors (Lipinski definition) is 1. The van der Waals surface area contributed by atoms with E-state index < -0.39 is 0 Å². The SMILES string of the molecule is Nc1ccc(Cl)cc1Oc1nnc2ccccc2n1. The summed E-state index contributed by atoms with van der Waals surface area (Å²) in [5.74, 6) is 0.407. The Balaban J connectivity index is 1.98. The van der Waals surface area contributed by atoms with Crippen molar-refractivity contribution in [3.63, 3.8) is 0 Å². The van der Waals surface area contributed by atoms with Crippen LogP contribution in [-0.4, -0.2) is 15.2 Å². The van der Waals surface area contributed by atoms with E-state index >= 15 is 0 Å². The van der Waals surface area contributed by atoms with Gasteiger partial charge in [-0.3, -0.25) is 0 Å². The van der Waals surface area contributed by atoms with Gasteiger partial charge in [-0.1, -0.05) is 28.8 Å². The van der Waals surface area contributed by atoms with E-state index in [4.69, 9.17) is 22.1 Å². The summed E-state index contributed by atoms with van der Waals surface area (Å²) in [6.07, 6.45) is 0. The Bertz CT molecular complexity index is 748. The average Bonchev–Trinajstić information content (AvgIpc) is 2.43. The average molecular weight is 273 g/mol. The zero-order valence-corrected chi connectivity index (χ0v) is 10.5. The van der Waals surface area contributed by atoms with E-state index in [1.807, 2.05) is 24.3 Å². The molecule has 0 spiro atoms. The molecule has 0 unspecified atom stereocenters. The second-order valence-corrected chi connectivity index (χ2v) is 4.30. The number of nitrogens with zero attached hydrogens (tertiary/aromatic N) is 3. The summed E-state index contributed by atoms with van der Waals surface area (Å²) >= 11 is 5.89. The molecule has 0 amide bonds. The monoisotopic (exact) mass is 272 g/mol. The lowest BCUT2D eigenvalue weighted by atomic mass is 10.3. The van der Waals surface area contributed by atoms with Crippen LogP contribution in [0.25, 0.3) is 11.0 Å². The van der Waals surface area contributed by atoms with Gasteiger partial charge in [-0.15, -0.1) is 5.10 Å². The number of anilines is 1. The number of nitrogens with two attached hydrogens (primary N) is 1. The van der Waals surface area contributed by atoms with Crippen LogP contribution in [0.3, 0.4) is 0 Å². The Morgan fingerprint density at radius 1 is 1.00 bits per heavy atom. The van der Waals surface area contributed by atoms with Crippen molar-refractivity contribution in [1.29, 1.82) is 0 Å². The molecule has 5 nitrogen and oxygen atoms in total. The molecular weight excluding hydrogens is 264 g/mol. The maximum atomic E-state index is 5.89. The Labute approximate surface area is 114 Å². The first-order chi connectivity index (χ1) is 9.22. The van der Waals surface area contributed by atoms with E-state index in [0.717, 1.165) is 0 Å². The molecule has 0 aliphatic carbocycles. The molecule has 0 saturated heterocycles. The molecule has 3 rings (SSSR count).